The number of hydrogen-bond donors (Lipinski definition) is 0. The molecule has 0 spiro atoms. The molecule has 190 valence electrons. The SMILES string of the molecule is C[C@]12[C@H](c3ccccc3)C[C@](C#N)(O[Si](C)(C)C)[C@]1(C)[C@H](c1ccccc1)C[C@@]2(C#N)O[Si](C)(C)C. The second-order valence-electron chi connectivity index (χ2n) is 13.0. The Kier molecular flexibility index (Phi) is 6.46. The average molecular weight is 517 g/mol. The van der Waals surface area contributed by atoms with Gasteiger partial charge in [0.2, 0.25) is 0 Å². The molecule has 0 heterocycles. The monoisotopic (exact) mass is 516 g/mol. The quantitative estimate of drug-likeness (QED) is 0.371. The molecule has 2 aromatic rings. The largest absolute Gasteiger partial charge is 0.399 e. The first kappa shape index (κ1) is 26.8. The van der Waals surface area contributed by atoms with Gasteiger partial charge >= 0.3 is 0 Å². The van der Waals surface area contributed by atoms with Crippen LogP contribution in [0.4, 0.5) is 0 Å². The maximum Gasteiger partial charge on any atom is 0.185 e. The van der Waals surface area contributed by atoms with Crippen LogP contribution < -0.4 is 0 Å². The van der Waals surface area contributed by atoms with Gasteiger partial charge in [-0.05, 0) is 75.1 Å². The van der Waals surface area contributed by atoms with Gasteiger partial charge in [-0.25, -0.2) is 0 Å². The van der Waals surface area contributed by atoms with E-state index in [1.807, 2.05) is 12.1 Å². The Morgan fingerprint density at radius 3 is 1.19 bits per heavy atom. The zero-order valence-corrected chi connectivity index (χ0v) is 25.1. The molecule has 0 amide bonds. The molecule has 0 unspecified atom stereocenters. The second-order valence-corrected chi connectivity index (χ2v) is 21.9. The minimum atomic E-state index is -2.16. The Hall–Kier alpha value is -2.23. The molecule has 6 atom stereocenters. The molecule has 4 rings (SSSR count). The van der Waals surface area contributed by atoms with E-state index in [9.17, 15) is 10.5 Å². The molecule has 2 aromatic carbocycles. The number of nitrogens with zero attached hydrogens (tertiary/aromatic N) is 2. The molecule has 0 radical (unpaired) electrons. The van der Waals surface area contributed by atoms with Gasteiger partial charge in [0.05, 0.1) is 12.1 Å². The summed E-state index contributed by atoms with van der Waals surface area (Å²) in [6, 6.07) is 26.3. The lowest BCUT2D eigenvalue weighted by atomic mass is 9.55. The van der Waals surface area contributed by atoms with Gasteiger partial charge in [0.1, 0.15) is 0 Å². The molecule has 0 saturated heterocycles. The number of fused-ring (bicyclic) bond motifs is 1. The lowest BCUT2D eigenvalue weighted by Crippen LogP contribution is -2.59. The van der Waals surface area contributed by atoms with E-state index in [4.69, 9.17) is 8.85 Å². The van der Waals surface area contributed by atoms with Gasteiger partial charge in [-0.15, -0.1) is 0 Å². The average Bonchev–Trinajstić information content (AvgIpc) is 3.14. The van der Waals surface area contributed by atoms with Crippen LogP contribution in [0.1, 0.15) is 49.7 Å². The molecule has 2 fully saturated rings. The van der Waals surface area contributed by atoms with Gasteiger partial charge in [-0.3, -0.25) is 0 Å². The van der Waals surface area contributed by atoms with Crippen molar-refractivity contribution >= 4 is 16.6 Å². The highest BCUT2D eigenvalue weighted by molar-refractivity contribution is 6.70. The van der Waals surface area contributed by atoms with Crippen molar-refractivity contribution in [3.05, 3.63) is 71.8 Å². The predicted molar refractivity (Wildman–Crippen MR) is 149 cm³/mol. The Bertz CT molecular complexity index is 1100. The van der Waals surface area contributed by atoms with Gasteiger partial charge in [-0.1, -0.05) is 74.5 Å². The minimum absolute atomic E-state index is 0.0654. The molecule has 4 nitrogen and oxygen atoms in total. The first-order valence-corrected chi connectivity index (χ1v) is 19.8. The molecule has 0 aliphatic heterocycles. The van der Waals surface area contributed by atoms with Crippen LogP contribution in [0, 0.1) is 33.5 Å². The summed E-state index contributed by atoms with van der Waals surface area (Å²) >= 11 is 0. The van der Waals surface area contributed by atoms with Crippen molar-refractivity contribution in [2.75, 3.05) is 0 Å². The van der Waals surface area contributed by atoms with E-state index in [1.54, 1.807) is 0 Å². The molecule has 2 aliphatic carbocycles. The zero-order valence-electron chi connectivity index (χ0n) is 23.1. The van der Waals surface area contributed by atoms with Crippen LogP contribution in [-0.4, -0.2) is 27.8 Å². The van der Waals surface area contributed by atoms with Gasteiger partial charge in [0.25, 0.3) is 0 Å². The van der Waals surface area contributed by atoms with Gasteiger partial charge in [0.15, 0.2) is 27.8 Å². The summed E-state index contributed by atoms with van der Waals surface area (Å²) in [6.07, 6.45) is 1.10. The van der Waals surface area contributed by atoms with E-state index in [0.29, 0.717) is 12.8 Å². The minimum Gasteiger partial charge on any atom is -0.399 e. The van der Waals surface area contributed by atoms with E-state index in [2.05, 4.69) is 114 Å². The predicted octanol–water partition coefficient (Wildman–Crippen LogP) is 7.60. The van der Waals surface area contributed by atoms with E-state index in [-0.39, 0.29) is 11.8 Å². The van der Waals surface area contributed by atoms with Crippen molar-refractivity contribution < 1.29 is 8.85 Å². The molecular formula is C30H40N2O2Si2. The fraction of sp³-hybridized carbons (Fsp3) is 0.533. The third kappa shape index (κ3) is 3.82. The van der Waals surface area contributed by atoms with Gasteiger partial charge in [-0.2, -0.15) is 10.5 Å². The number of hydrogen-bond acceptors (Lipinski definition) is 4. The highest BCUT2D eigenvalue weighted by Gasteiger charge is 2.82. The summed E-state index contributed by atoms with van der Waals surface area (Å²) in [4.78, 5) is 0. The summed E-state index contributed by atoms with van der Waals surface area (Å²) in [7, 11) is -4.31. The van der Waals surface area contributed by atoms with Gasteiger partial charge < -0.3 is 8.85 Å². The molecule has 2 aliphatic rings. The van der Waals surface area contributed by atoms with Crippen LogP contribution in [-0.2, 0) is 8.85 Å². The lowest BCUT2D eigenvalue weighted by molar-refractivity contribution is -0.0810. The van der Waals surface area contributed by atoms with E-state index in [0.717, 1.165) is 11.1 Å². The first-order valence-electron chi connectivity index (χ1n) is 13.0. The molecular weight excluding hydrogens is 477 g/mol. The van der Waals surface area contributed by atoms with Crippen LogP contribution in [0.25, 0.3) is 0 Å². The van der Waals surface area contributed by atoms with Crippen LogP contribution in [0.2, 0.25) is 39.3 Å². The van der Waals surface area contributed by atoms with Crippen molar-refractivity contribution in [1.82, 2.24) is 0 Å². The number of nitriles is 2. The normalized spacial score (nSPS) is 36.2. The van der Waals surface area contributed by atoms with Crippen LogP contribution >= 0.6 is 0 Å². The van der Waals surface area contributed by atoms with Crippen LogP contribution in [0.5, 0.6) is 0 Å². The molecule has 36 heavy (non-hydrogen) atoms. The summed E-state index contributed by atoms with van der Waals surface area (Å²) in [5, 5.41) is 22.1. The van der Waals surface area contributed by atoms with E-state index >= 15 is 0 Å². The zero-order chi connectivity index (χ0) is 26.6. The van der Waals surface area contributed by atoms with Gasteiger partial charge in [0, 0.05) is 10.8 Å². The third-order valence-electron chi connectivity index (χ3n) is 8.86. The fourth-order valence-corrected chi connectivity index (χ4v) is 10.3. The highest BCUT2D eigenvalue weighted by Crippen LogP contribution is 2.80. The van der Waals surface area contributed by atoms with Crippen molar-refractivity contribution in [3.8, 4) is 12.1 Å². The Balaban J connectivity index is 2.10. The molecule has 0 N–H and O–H groups in total. The Labute approximate surface area is 219 Å². The topological polar surface area (TPSA) is 66.0 Å². The smallest absolute Gasteiger partial charge is 0.185 e. The van der Waals surface area contributed by atoms with E-state index < -0.39 is 38.7 Å². The highest BCUT2D eigenvalue weighted by atomic mass is 28.4. The summed E-state index contributed by atoms with van der Waals surface area (Å²) in [6.45, 7) is 17.4. The fourth-order valence-electron chi connectivity index (χ4n) is 7.52. The van der Waals surface area contributed by atoms with Crippen molar-refractivity contribution in [3.63, 3.8) is 0 Å². The molecule has 2 saturated carbocycles. The summed E-state index contributed by atoms with van der Waals surface area (Å²) < 4.78 is 14.0. The van der Waals surface area contributed by atoms with E-state index in [1.165, 1.54) is 0 Å². The van der Waals surface area contributed by atoms with Crippen molar-refractivity contribution in [1.29, 1.82) is 10.5 Å². The standard InChI is InChI=1S/C30H40N2O2Si2/c1-27-25(23-15-11-9-12-16-23)19-30(22-32,34-36(6,7)8)28(27,2)26(24-17-13-10-14-18-24)20-29(27,21-31)33-35(3,4)5/h9-18,25-26H,19-20H2,1-8H3/t25-,26-,27-,28+,29-,30+/m0/s1. The molecule has 6 heteroatoms. The third-order valence-corrected chi connectivity index (χ3v) is 10.8. The van der Waals surface area contributed by atoms with Crippen LogP contribution in [0.15, 0.2) is 60.7 Å². The number of benzene rings is 2. The lowest BCUT2D eigenvalue weighted by Gasteiger charge is -2.52. The summed E-state index contributed by atoms with van der Waals surface area (Å²) in [5.74, 6) is -0.131. The maximum atomic E-state index is 11.0. The van der Waals surface area contributed by atoms with Crippen LogP contribution in [0.3, 0.4) is 0 Å². The second kappa shape index (κ2) is 8.67. The molecule has 0 aromatic heterocycles. The summed E-state index contributed by atoms with van der Waals surface area (Å²) in [5.41, 5.74) is -1.12. The first-order chi connectivity index (χ1) is 16.7. The van der Waals surface area contributed by atoms with Crippen molar-refractivity contribution in [2.24, 2.45) is 10.8 Å². The molecule has 0 bridgehead atoms. The number of rotatable bonds is 6. The maximum absolute atomic E-state index is 11.0. The Morgan fingerprint density at radius 2 is 0.944 bits per heavy atom. The Morgan fingerprint density at radius 1 is 0.639 bits per heavy atom. The van der Waals surface area contributed by atoms with Crippen molar-refractivity contribution in [2.45, 2.75) is 89.0 Å².